The largest absolute Gasteiger partial charge is 0.387 e. The summed E-state index contributed by atoms with van der Waals surface area (Å²) in [6.45, 7) is 1.15. The maximum atomic E-state index is 14.2. The number of nitrogens with two attached hydrogens (primary N) is 2. The molecular formula is C27H47N5O3S. The monoisotopic (exact) mass is 521 g/mol. The minimum atomic E-state index is -3.22. The maximum Gasteiger partial charge on any atom is 0.241 e. The molecule has 5 rings (SSSR count). The highest BCUT2D eigenvalue weighted by molar-refractivity contribution is 7.92. The molecule has 204 valence electrons. The van der Waals surface area contributed by atoms with Crippen LogP contribution in [-0.2, 0) is 14.6 Å². The summed E-state index contributed by atoms with van der Waals surface area (Å²) in [5.74, 6) is 1.16. The number of carbonyl (C=O) groups excluding carboxylic acids is 1. The number of nitrogens with zero attached hydrogens (tertiary/aromatic N) is 2. The maximum absolute atomic E-state index is 14.2. The number of amides is 1. The number of piperidine rings is 1. The van der Waals surface area contributed by atoms with Crippen molar-refractivity contribution in [2.24, 2.45) is 29.2 Å². The van der Waals surface area contributed by atoms with Crippen molar-refractivity contribution in [3.8, 4) is 0 Å². The van der Waals surface area contributed by atoms with Gasteiger partial charge < -0.3 is 16.4 Å². The van der Waals surface area contributed by atoms with Crippen LogP contribution in [0.4, 0.5) is 0 Å². The van der Waals surface area contributed by atoms with E-state index in [4.69, 9.17) is 16.9 Å². The average molecular weight is 522 g/mol. The van der Waals surface area contributed by atoms with Gasteiger partial charge >= 0.3 is 0 Å². The molecule has 0 radical (unpaired) electrons. The number of sulfone groups is 1. The van der Waals surface area contributed by atoms with E-state index in [0.29, 0.717) is 24.9 Å². The number of amidine groups is 1. The molecule has 3 aliphatic carbocycles. The molecule has 0 aromatic rings. The molecule has 0 aromatic carbocycles. The molecule has 5 aliphatic rings. The van der Waals surface area contributed by atoms with E-state index in [9.17, 15) is 13.2 Å². The zero-order valence-electron chi connectivity index (χ0n) is 21.8. The summed E-state index contributed by atoms with van der Waals surface area (Å²) < 4.78 is 26.6. The standard InChI is InChI=1S/C27H47N5O3S/c28-24-21-13-12-19(26(29)30)17-23(21)31(15-16-36(34,35)20-9-2-1-3-10-20)25(24)27(33)32-14-6-8-18-7-4-5-11-22(18)32/h18-25H,1-17,28H2,(H3,29,30). The Kier molecular flexibility index (Phi) is 7.99. The SMILES string of the molecule is N=C(N)C1CCC2C(N)C(C(=O)N3CCCC4CCCCC43)N(CCS(=O)(=O)C3CCCCC3)C2C1. The highest BCUT2D eigenvalue weighted by Crippen LogP contribution is 2.43. The van der Waals surface area contributed by atoms with Crippen LogP contribution >= 0.6 is 0 Å². The van der Waals surface area contributed by atoms with Crippen molar-refractivity contribution in [1.82, 2.24) is 9.80 Å². The average Bonchev–Trinajstić information content (AvgIpc) is 3.18. The fourth-order valence-electron chi connectivity index (χ4n) is 8.45. The number of hydrogen-bond donors (Lipinski definition) is 3. The van der Waals surface area contributed by atoms with Crippen molar-refractivity contribution >= 4 is 21.6 Å². The summed E-state index contributed by atoms with van der Waals surface area (Å²) in [7, 11) is -3.22. The van der Waals surface area contributed by atoms with Crippen LogP contribution in [0.15, 0.2) is 0 Å². The summed E-state index contributed by atoms with van der Waals surface area (Å²) in [4.78, 5) is 18.6. The highest BCUT2D eigenvalue weighted by Gasteiger charge is 2.54. The fourth-order valence-corrected chi connectivity index (χ4v) is 10.3. The van der Waals surface area contributed by atoms with Gasteiger partial charge in [0.05, 0.1) is 16.8 Å². The van der Waals surface area contributed by atoms with Gasteiger partial charge in [0.15, 0.2) is 9.84 Å². The lowest BCUT2D eigenvalue weighted by atomic mass is 9.76. The second-order valence-electron chi connectivity index (χ2n) is 12.4. The van der Waals surface area contributed by atoms with E-state index in [1.54, 1.807) is 0 Å². The molecule has 5 N–H and O–H groups in total. The molecule has 1 amide bonds. The van der Waals surface area contributed by atoms with E-state index in [2.05, 4.69) is 9.80 Å². The van der Waals surface area contributed by atoms with Gasteiger partial charge in [0.1, 0.15) is 6.04 Å². The molecule has 2 aliphatic heterocycles. The summed E-state index contributed by atoms with van der Waals surface area (Å²) in [5.41, 5.74) is 12.8. The third-order valence-electron chi connectivity index (χ3n) is 10.4. The van der Waals surface area contributed by atoms with Gasteiger partial charge in [-0.25, -0.2) is 8.42 Å². The normalized spacial score (nSPS) is 38.4. The van der Waals surface area contributed by atoms with Crippen molar-refractivity contribution in [2.45, 2.75) is 119 Å². The second kappa shape index (κ2) is 10.9. The number of carbonyl (C=O) groups is 1. The minimum Gasteiger partial charge on any atom is -0.387 e. The van der Waals surface area contributed by atoms with Gasteiger partial charge in [-0.05, 0) is 69.6 Å². The summed E-state index contributed by atoms with van der Waals surface area (Å²) in [5, 5.41) is 7.80. The molecular weight excluding hydrogens is 474 g/mol. The molecule has 5 fully saturated rings. The minimum absolute atomic E-state index is 0.0116. The quantitative estimate of drug-likeness (QED) is 0.363. The first-order chi connectivity index (χ1) is 17.3. The lowest BCUT2D eigenvalue weighted by Gasteiger charge is -2.46. The Morgan fingerprint density at radius 2 is 1.58 bits per heavy atom. The lowest BCUT2D eigenvalue weighted by Crippen LogP contribution is -2.59. The number of rotatable bonds is 6. The smallest absolute Gasteiger partial charge is 0.241 e. The van der Waals surface area contributed by atoms with E-state index >= 15 is 0 Å². The van der Waals surface area contributed by atoms with E-state index < -0.39 is 15.9 Å². The molecule has 0 spiro atoms. The fraction of sp³-hybridized carbons (Fsp3) is 0.926. The first kappa shape index (κ1) is 26.4. The Morgan fingerprint density at radius 1 is 0.889 bits per heavy atom. The van der Waals surface area contributed by atoms with Crippen LogP contribution in [0.3, 0.4) is 0 Å². The molecule has 3 saturated carbocycles. The van der Waals surface area contributed by atoms with Crippen LogP contribution < -0.4 is 11.5 Å². The van der Waals surface area contributed by atoms with Crippen LogP contribution in [0.1, 0.15) is 89.9 Å². The first-order valence-corrected chi connectivity index (χ1v) is 16.4. The molecule has 2 heterocycles. The molecule has 0 bridgehead atoms. The first-order valence-electron chi connectivity index (χ1n) is 14.6. The predicted molar refractivity (Wildman–Crippen MR) is 142 cm³/mol. The number of nitrogens with one attached hydrogen (secondary N) is 1. The van der Waals surface area contributed by atoms with Crippen molar-refractivity contribution in [3.63, 3.8) is 0 Å². The second-order valence-corrected chi connectivity index (χ2v) is 14.8. The number of likely N-dealkylation sites (tertiary alicyclic amines) is 2. The van der Waals surface area contributed by atoms with Gasteiger partial charge in [0, 0.05) is 37.1 Å². The van der Waals surface area contributed by atoms with Crippen LogP contribution in [0.2, 0.25) is 0 Å². The lowest BCUT2D eigenvalue weighted by molar-refractivity contribution is -0.143. The molecule has 2 saturated heterocycles. The zero-order chi connectivity index (χ0) is 25.4. The Labute approximate surface area is 217 Å². The third kappa shape index (κ3) is 5.08. The predicted octanol–water partition coefficient (Wildman–Crippen LogP) is 2.65. The third-order valence-corrected chi connectivity index (χ3v) is 12.7. The van der Waals surface area contributed by atoms with Gasteiger partial charge in [-0.1, -0.05) is 32.1 Å². The van der Waals surface area contributed by atoms with Crippen LogP contribution in [0, 0.1) is 23.2 Å². The van der Waals surface area contributed by atoms with Crippen LogP contribution in [-0.4, -0.2) is 78.2 Å². The Bertz CT molecular complexity index is 918. The molecule has 7 unspecified atom stereocenters. The van der Waals surface area contributed by atoms with Gasteiger partial charge in [-0.2, -0.15) is 0 Å². The molecule has 7 atom stereocenters. The molecule has 0 aromatic heterocycles. The van der Waals surface area contributed by atoms with Gasteiger partial charge in [-0.15, -0.1) is 0 Å². The van der Waals surface area contributed by atoms with E-state index in [0.717, 1.165) is 64.3 Å². The topological polar surface area (TPSA) is 134 Å². The Hall–Kier alpha value is -1.19. The van der Waals surface area contributed by atoms with Crippen molar-refractivity contribution in [3.05, 3.63) is 0 Å². The molecule has 36 heavy (non-hydrogen) atoms. The summed E-state index contributed by atoms with van der Waals surface area (Å²) >= 11 is 0. The summed E-state index contributed by atoms with van der Waals surface area (Å²) in [6.07, 6.45) is 14.0. The molecule has 8 nitrogen and oxygen atoms in total. The highest BCUT2D eigenvalue weighted by atomic mass is 32.2. The Morgan fingerprint density at radius 3 is 2.33 bits per heavy atom. The van der Waals surface area contributed by atoms with Gasteiger partial charge in [-0.3, -0.25) is 15.1 Å². The van der Waals surface area contributed by atoms with Gasteiger partial charge in [0.2, 0.25) is 5.91 Å². The van der Waals surface area contributed by atoms with E-state index in [1.165, 1.54) is 25.7 Å². The zero-order valence-corrected chi connectivity index (χ0v) is 22.6. The Balaban J connectivity index is 1.39. The van der Waals surface area contributed by atoms with Gasteiger partial charge in [0.25, 0.3) is 0 Å². The van der Waals surface area contributed by atoms with Crippen LogP contribution in [0.5, 0.6) is 0 Å². The number of hydrogen-bond acceptors (Lipinski definition) is 6. The number of fused-ring (bicyclic) bond motifs is 2. The van der Waals surface area contributed by atoms with E-state index in [1.807, 2.05) is 0 Å². The van der Waals surface area contributed by atoms with E-state index in [-0.39, 0.29) is 46.7 Å². The molecule has 9 heteroatoms. The van der Waals surface area contributed by atoms with Crippen molar-refractivity contribution in [2.75, 3.05) is 18.8 Å². The summed E-state index contributed by atoms with van der Waals surface area (Å²) in [6, 6.07) is -0.428. The van der Waals surface area contributed by atoms with Crippen molar-refractivity contribution < 1.29 is 13.2 Å². The van der Waals surface area contributed by atoms with Crippen LogP contribution in [0.25, 0.3) is 0 Å². The van der Waals surface area contributed by atoms with Crippen molar-refractivity contribution in [1.29, 1.82) is 5.41 Å².